The highest BCUT2D eigenvalue weighted by Crippen LogP contribution is 2.33. The van der Waals surface area contributed by atoms with Crippen LogP contribution >= 0.6 is 24.0 Å². The van der Waals surface area contributed by atoms with E-state index in [9.17, 15) is 9.90 Å². The summed E-state index contributed by atoms with van der Waals surface area (Å²) in [4.78, 5) is 31.0. The van der Waals surface area contributed by atoms with Gasteiger partial charge in [0, 0.05) is 33.5 Å². The van der Waals surface area contributed by atoms with Gasteiger partial charge in [-0.15, -0.1) is 0 Å². The van der Waals surface area contributed by atoms with Crippen LogP contribution in [0, 0.1) is 11.7 Å². The minimum absolute atomic E-state index is 0.0174. The van der Waals surface area contributed by atoms with Crippen molar-refractivity contribution in [3.05, 3.63) is 111 Å². The van der Waals surface area contributed by atoms with Gasteiger partial charge in [-0.2, -0.15) is 14.6 Å². The molecule has 0 unspecified atom stereocenters. The summed E-state index contributed by atoms with van der Waals surface area (Å²) in [7, 11) is 0. The molecule has 39 heavy (non-hydrogen) atoms. The van der Waals surface area contributed by atoms with Crippen LogP contribution in [0.25, 0.3) is 22.5 Å². The number of fused-ring (bicyclic) bond motifs is 2. The topological polar surface area (TPSA) is 113 Å². The zero-order valence-electron chi connectivity index (χ0n) is 20.8. The number of aliphatic hydroxyl groups is 1. The smallest absolute Gasteiger partial charge is 0.255 e. The van der Waals surface area contributed by atoms with Gasteiger partial charge in [-0.3, -0.25) is 9.78 Å². The van der Waals surface area contributed by atoms with E-state index in [4.69, 9.17) is 22.2 Å². The second-order valence-electron chi connectivity index (χ2n) is 8.86. The summed E-state index contributed by atoms with van der Waals surface area (Å²) in [6, 6.07) is 23.6. The number of aromatic amines is 1. The number of aliphatic hydroxyl groups excluding tert-OH is 1. The Morgan fingerprint density at radius 1 is 0.949 bits per heavy atom. The Bertz CT molecular complexity index is 1960. The summed E-state index contributed by atoms with van der Waals surface area (Å²) in [6.45, 7) is 2.19. The van der Waals surface area contributed by atoms with Gasteiger partial charge >= 0.3 is 0 Å². The largest absolute Gasteiger partial charge is 0.392 e. The van der Waals surface area contributed by atoms with E-state index in [2.05, 4.69) is 27.4 Å². The fourth-order valence-corrected chi connectivity index (χ4v) is 5.62. The first-order valence-electron chi connectivity index (χ1n) is 12.2. The van der Waals surface area contributed by atoms with Crippen LogP contribution in [0.2, 0.25) is 0 Å². The molecular weight excluding hydrogens is 530 g/mol. The van der Waals surface area contributed by atoms with Crippen LogP contribution in [0.4, 0.5) is 5.95 Å². The molecule has 6 aromatic rings. The maximum Gasteiger partial charge on any atom is 0.255 e. The lowest BCUT2D eigenvalue weighted by Crippen LogP contribution is -2.16. The molecule has 0 fully saturated rings. The third kappa shape index (κ3) is 4.83. The number of H-pyrrole nitrogens is 1. The van der Waals surface area contributed by atoms with Crippen LogP contribution < -0.4 is 10.9 Å². The van der Waals surface area contributed by atoms with Crippen molar-refractivity contribution in [3.63, 3.8) is 0 Å². The minimum Gasteiger partial charge on any atom is -0.392 e. The average molecular weight is 554 g/mol. The molecule has 6 rings (SSSR count). The molecule has 0 spiro atoms. The van der Waals surface area contributed by atoms with Crippen LogP contribution in [0.1, 0.15) is 16.7 Å². The van der Waals surface area contributed by atoms with Crippen LogP contribution in [0.3, 0.4) is 0 Å². The molecule has 0 atom stereocenters. The number of hydrogen-bond donors (Lipinski definition) is 3. The van der Waals surface area contributed by atoms with Crippen molar-refractivity contribution >= 4 is 46.6 Å². The lowest BCUT2D eigenvalue weighted by Gasteiger charge is -2.14. The molecule has 3 heterocycles. The van der Waals surface area contributed by atoms with Crippen molar-refractivity contribution in [1.82, 2.24) is 29.1 Å². The summed E-state index contributed by atoms with van der Waals surface area (Å²) < 4.78 is 3.65. The number of aryl methyl sites for hydroxylation is 1. The highest BCUT2D eigenvalue weighted by Gasteiger charge is 2.16. The number of nitrogens with one attached hydrogen (secondary N) is 2. The van der Waals surface area contributed by atoms with Gasteiger partial charge in [0.25, 0.3) is 5.56 Å². The molecule has 0 radical (unpaired) electrons. The Kier molecular flexibility index (Phi) is 6.69. The predicted molar refractivity (Wildman–Crippen MR) is 154 cm³/mol. The number of para-hydroxylation sites is 1. The molecule has 9 nitrogen and oxygen atoms in total. The molecule has 0 aliphatic heterocycles. The summed E-state index contributed by atoms with van der Waals surface area (Å²) >= 11 is 7.19. The summed E-state index contributed by atoms with van der Waals surface area (Å²) in [6.07, 6.45) is 1.69. The average Bonchev–Trinajstić information content (AvgIpc) is 3.26. The van der Waals surface area contributed by atoms with Crippen molar-refractivity contribution in [2.75, 3.05) is 5.32 Å². The Morgan fingerprint density at radius 2 is 1.64 bits per heavy atom. The van der Waals surface area contributed by atoms with Gasteiger partial charge in [0.1, 0.15) is 0 Å². The van der Waals surface area contributed by atoms with Gasteiger partial charge in [0.15, 0.2) is 5.82 Å². The Labute approximate surface area is 232 Å². The molecule has 3 N–H and O–H groups in total. The van der Waals surface area contributed by atoms with Crippen molar-refractivity contribution in [2.45, 2.75) is 29.9 Å². The van der Waals surface area contributed by atoms with E-state index in [1.54, 1.807) is 34.1 Å². The Morgan fingerprint density at radius 3 is 2.44 bits per heavy atom. The van der Waals surface area contributed by atoms with E-state index in [-0.39, 0.29) is 16.9 Å². The third-order valence-corrected chi connectivity index (χ3v) is 7.77. The Balaban J connectivity index is 1.39. The second kappa shape index (κ2) is 10.4. The second-order valence-corrected chi connectivity index (χ2v) is 10.3. The van der Waals surface area contributed by atoms with Crippen LogP contribution in [-0.2, 0) is 13.2 Å². The van der Waals surface area contributed by atoms with Crippen LogP contribution in [0.5, 0.6) is 0 Å². The highest BCUT2D eigenvalue weighted by atomic mass is 32.2. The quantitative estimate of drug-likeness (QED) is 0.236. The van der Waals surface area contributed by atoms with E-state index in [1.165, 1.54) is 0 Å². The van der Waals surface area contributed by atoms with Gasteiger partial charge in [-0.1, -0.05) is 60.3 Å². The van der Waals surface area contributed by atoms with Crippen molar-refractivity contribution in [3.8, 4) is 5.82 Å². The van der Waals surface area contributed by atoms with E-state index >= 15 is 0 Å². The molecule has 0 aliphatic rings. The molecule has 0 saturated heterocycles. The number of hydrogen-bond acceptors (Lipinski definition) is 8. The number of rotatable bonds is 7. The van der Waals surface area contributed by atoms with Gasteiger partial charge in [-0.05, 0) is 54.5 Å². The molecule has 194 valence electrons. The number of nitrogens with zero attached hydrogens (tertiary/aromatic N) is 5. The van der Waals surface area contributed by atoms with E-state index < -0.39 is 0 Å². The van der Waals surface area contributed by atoms with E-state index in [1.807, 2.05) is 60.7 Å². The standard InChI is InChI=1S/C28H23N7O2S2/c1-17-15-34-27(32-25(17)37)33-28(38)35(34)24-20-10-4-5-11-21(20)30-26(31-24)29-14-18-8-2-6-12-22(18)39-23-13-7-3-9-19(23)16-36/h2-13,15,36H,14,16H2,1H3,(H,29,30,31)(H,32,33,37,38). The molecule has 11 heteroatoms. The van der Waals surface area contributed by atoms with Gasteiger partial charge in [0.2, 0.25) is 16.5 Å². The van der Waals surface area contributed by atoms with E-state index in [0.717, 1.165) is 31.8 Å². The first kappa shape index (κ1) is 25.0. The molecular formula is C28H23N7O2S2. The first-order chi connectivity index (χ1) is 19.0. The van der Waals surface area contributed by atoms with Gasteiger partial charge in [-0.25, -0.2) is 9.50 Å². The number of aromatic nitrogens is 6. The van der Waals surface area contributed by atoms with Crippen molar-refractivity contribution in [1.29, 1.82) is 0 Å². The zero-order valence-corrected chi connectivity index (χ0v) is 22.5. The van der Waals surface area contributed by atoms with Gasteiger partial charge < -0.3 is 10.4 Å². The molecule has 0 bridgehead atoms. The highest BCUT2D eigenvalue weighted by molar-refractivity contribution is 7.99. The van der Waals surface area contributed by atoms with Gasteiger partial charge in [0.05, 0.1) is 12.1 Å². The molecule has 0 aliphatic carbocycles. The summed E-state index contributed by atoms with van der Waals surface area (Å²) in [5.74, 6) is 1.31. The fourth-order valence-electron chi connectivity index (χ4n) is 4.29. The third-order valence-electron chi connectivity index (χ3n) is 6.27. The van der Waals surface area contributed by atoms with Crippen molar-refractivity contribution in [2.24, 2.45) is 0 Å². The molecule has 3 aromatic carbocycles. The summed E-state index contributed by atoms with van der Waals surface area (Å²) in [5.41, 5.74) is 2.99. The predicted octanol–water partition coefficient (Wildman–Crippen LogP) is 5.05. The van der Waals surface area contributed by atoms with Crippen LogP contribution in [-0.4, -0.2) is 34.2 Å². The lowest BCUT2D eigenvalue weighted by atomic mass is 10.2. The molecule has 0 amide bonds. The number of anilines is 1. The SMILES string of the molecule is Cc1cn2c(nc(=S)n2-c2nc(NCc3ccccc3Sc3ccccc3CO)nc3ccccc23)[nH]c1=O. The summed E-state index contributed by atoms with van der Waals surface area (Å²) in [5, 5.41) is 13.9. The maximum atomic E-state index is 12.2. The van der Waals surface area contributed by atoms with E-state index in [0.29, 0.717) is 29.7 Å². The number of benzene rings is 3. The molecule has 3 aromatic heterocycles. The maximum absolute atomic E-state index is 12.2. The molecule has 0 saturated carbocycles. The fraction of sp³-hybridized carbons (Fsp3) is 0.107. The monoisotopic (exact) mass is 553 g/mol. The lowest BCUT2D eigenvalue weighted by molar-refractivity contribution is 0.279. The minimum atomic E-state index is -0.220. The zero-order chi connectivity index (χ0) is 26.9. The van der Waals surface area contributed by atoms with Crippen molar-refractivity contribution < 1.29 is 5.11 Å². The first-order valence-corrected chi connectivity index (χ1v) is 13.4. The normalized spacial score (nSPS) is 11.3. The Hall–Kier alpha value is -4.32. The van der Waals surface area contributed by atoms with Crippen LogP contribution in [0.15, 0.2) is 93.6 Å².